The van der Waals surface area contributed by atoms with Gasteiger partial charge in [-0.25, -0.2) is 0 Å². The summed E-state index contributed by atoms with van der Waals surface area (Å²) in [7, 11) is 0. The fourth-order valence-corrected chi connectivity index (χ4v) is 3.22. The molecule has 0 bridgehead atoms. The van der Waals surface area contributed by atoms with Crippen molar-refractivity contribution in [1.29, 1.82) is 0 Å². The van der Waals surface area contributed by atoms with Crippen LogP contribution in [0.5, 0.6) is 0 Å². The van der Waals surface area contributed by atoms with Crippen LogP contribution in [0.3, 0.4) is 0 Å². The lowest BCUT2D eigenvalue weighted by Crippen LogP contribution is -2.29. The number of hydrogen-bond acceptors (Lipinski definition) is 3. The van der Waals surface area contributed by atoms with Crippen LogP contribution in [0.25, 0.3) is 10.8 Å². The fraction of sp³-hybridized carbons (Fsp3) is 0.471. The minimum Gasteiger partial charge on any atom is -0.378 e. The summed E-state index contributed by atoms with van der Waals surface area (Å²) in [5, 5.41) is 6.14. The molecule has 1 N–H and O–H groups in total. The van der Waals surface area contributed by atoms with Crippen LogP contribution in [-0.4, -0.2) is 24.2 Å². The number of hydrogen-bond donors (Lipinski definition) is 1. The Balaban J connectivity index is 2.01. The zero-order valence-electron chi connectivity index (χ0n) is 12.2. The van der Waals surface area contributed by atoms with Gasteiger partial charge in [0.2, 0.25) is 0 Å². The van der Waals surface area contributed by atoms with Crippen LogP contribution in [0.4, 0.5) is 0 Å². The summed E-state index contributed by atoms with van der Waals surface area (Å²) in [5.41, 5.74) is 1.30. The Kier molecular flexibility index (Phi) is 3.99. The quantitative estimate of drug-likeness (QED) is 0.925. The molecular formula is C17H22N2O. The number of pyridine rings is 1. The van der Waals surface area contributed by atoms with E-state index in [0.717, 1.165) is 19.6 Å². The van der Waals surface area contributed by atoms with Crippen molar-refractivity contribution in [3.8, 4) is 0 Å². The smallest absolute Gasteiger partial charge is 0.0551 e. The van der Waals surface area contributed by atoms with Crippen LogP contribution in [0.1, 0.15) is 31.9 Å². The van der Waals surface area contributed by atoms with Gasteiger partial charge in [-0.2, -0.15) is 0 Å². The van der Waals surface area contributed by atoms with Crippen molar-refractivity contribution >= 4 is 10.8 Å². The van der Waals surface area contributed by atoms with Crippen LogP contribution in [-0.2, 0) is 4.74 Å². The molecule has 3 atom stereocenters. The van der Waals surface area contributed by atoms with Crippen LogP contribution in [0.15, 0.2) is 36.7 Å². The van der Waals surface area contributed by atoms with Gasteiger partial charge in [0.05, 0.1) is 12.7 Å². The molecule has 3 heteroatoms. The van der Waals surface area contributed by atoms with E-state index in [1.165, 1.54) is 16.3 Å². The third-order valence-electron chi connectivity index (χ3n) is 4.16. The average molecular weight is 270 g/mol. The van der Waals surface area contributed by atoms with Crippen molar-refractivity contribution < 1.29 is 4.74 Å². The molecule has 3 rings (SSSR count). The van der Waals surface area contributed by atoms with Crippen LogP contribution in [0, 0.1) is 5.92 Å². The maximum absolute atomic E-state index is 5.77. The molecule has 0 amide bonds. The molecule has 3 unspecified atom stereocenters. The summed E-state index contributed by atoms with van der Waals surface area (Å²) in [4.78, 5) is 4.43. The molecule has 2 aromatic rings. The molecule has 2 heterocycles. The molecule has 1 fully saturated rings. The van der Waals surface area contributed by atoms with Gasteiger partial charge in [-0.05, 0) is 30.8 Å². The Morgan fingerprint density at radius 1 is 1.35 bits per heavy atom. The molecule has 1 aliphatic heterocycles. The molecule has 1 aromatic carbocycles. The molecule has 1 aromatic heterocycles. The normalized spacial score (nSPS) is 24.1. The lowest BCUT2D eigenvalue weighted by molar-refractivity contribution is 0.117. The molecule has 0 spiro atoms. The van der Waals surface area contributed by atoms with Gasteiger partial charge in [0, 0.05) is 29.7 Å². The van der Waals surface area contributed by atoms with E-state index >= 15 is 0 Å². The van der Waals surface area contributed by atoms with Crippen molar-refractivity contribution in [2.75, 3.05) is 13.2 Å². The van der Waals surface area contributed by atoms with E-state index in [-0.39, 0.29) is 0 Å². The van der Waals surface area contributed by atoms with E-state index in [1.807, 2.05) is 12.4 Å². The van der Waals surface area contributed by atoms with Crippen molar-refractivity contribution in [2.24, 2.45) is 5.92 Å². The van der Waals surface area contributed by atoms with Crippen LogP contribution in [0.2, 0.25) is 0 Å². The van der Waals surface area contributed by atoms with Gasteiger partial charge in [0.15, 0.2) is 0 Å². The Hall–Kier alpha value is -1.45. The fourth-order valence-electron chi connectivity index (χ4n) is 3.22. The van der Waals surface area contributed by atoms with Crippen molar-refractivity contribution in [3.63, 3.8) is 0 Å². The second-order valence-electron chi connectivity index (χ2n) is 5.62. The first-order valence-electron chi connectivity index (χ1n) is 7.47. The van der Waals surface area contributed by atoms with Crippen molar-refractivity contribution in [3.05, 3.63) is 42.2 Å². The lowest BCUT2D eigenvalue weighted by Gasteiger charge is -2.25. The molecular weight excluding hydrogens is 248 g/mol. The summed E-state index contributed by atoms with van der Waals surface area (Å²) in [5.74, 6) is 0.526. The number of aromatic nitrogens is 1. The summed E-state index contributed by atoms with van der Waals surface area (Å²) in [6.07, 6.45) is 5.43. The van der Waals surface area contributed by atoms with Crippen LogP contribution < -0.4 is 5.32 Å². The van der Waals surface area contributed by atoms with E-state index in [2.05, 4.69) is 48.4 Å². The molecule has 0 saturated carbocycles. The number of benzene rings is 1. The van der Waals surface area contributed by atoms with Gasteiger partial charge >= 0.3 is 0 Å². The molecule has 3 nitrogen and oxygen atoms in total. The number of ether oxygens (including phenoxy) is 1. The number of nitrogens with one attached hydrogen (secondary N) is 1. The molecule has 1 aliphatic rings. The van der Waals surface area contributed by atoms with Gasteiger partial charge in [-0.1, -0.05) is 31.2 Å². The first-order chi connectivity index (χ1) is 9.79. The van der Waals surface area contributed by atoms with Gasteiger partial charge in [-0.3, -0.25) is 4.98 Å². The number of nitrogens with zero attached hydrogens (tertiary/aromatic N) is 1. The maximum atomic E-state index is 5.77. The second kappa shape index (κ2) is 5.90. The first kappa shape index (κ1) is 13.5. The summed E-state index contributed by atoms with van der Waals surface area (Å²) < 4.78 is 5.77. The SMILES string of the molecule is CCNC(c1cncc2ccccc12)C1COC(C)C1. The van der Waals surface area contributed by atoms with E-state index in [0.29, 0.717) is 18.1 Å². The molecule has 0 radical (unpaired) electrons. The highest BCUT2D eigenvalue weighted by Crippen LogP contribution is 2.34. The van der Waals surface area contributed by atoms with Crippen LogP contribution >= 0.6 is 0 Å². The highest BCUT2D eigenvalue weighted by Gasteiger charge is 2.31. The van der Waals surface area contributed by atoms with Crippen molar-refractivity contribution in [2.45, 2.75) is 32.4 Å². The topological polar surface area (TPSA) is 34.2 Å². The Bertz CT molecular complexity index is 579. The third kappa shape index (κ3) is 2.56. The van der Waals surface area contributed by atoms with E-state index in [1.54, 1.807) is 0 Å². The Morgan fingerprint density at radius 3 is 2.95 bits per heavy atom. The maximum Gasteiger partial charge on any atom is 0.0551 e. The molecule has 20 heavy (non-hydrogen) atoms. The molecule has 106 valence electrons. The first-order valence-corrected chi connectivity index (χ1v) is 7.47. The Labute approximate surface area is 120 Å². The number of fused-ring (bicyclic) bond motifs is 1. The largest absolute Gasteiger partial charge is 0.378 e. The summed E-state index contributed by atoms with van der Waals surface area (Å²) >= 11 is 0. The minimum atomic E-state index is 0.323. The second-order valence-corrected chi connectivity index (χ2v) is 5.62. The highest BCUT2D eigenvalue weighted by atomic mass is 16.5. The molecule has 0 aliphatic carbocycles. The average Bonchev–Trinajstić information content (AvgIpc) is 2.91. The summed E-state index contributed by atoms with van der Waals surface area (Å²) in [6, 6.07) is 8.81. The van der Waals surface area contributed by atoms with Gasteiger partial charge in [0.1, 0.15) is 0 Å². The Morgan fingerprint density at radius 2 is 2.20 bits per heavy atom. The van der Waals surface area contributed by atoms with E-state index in [4.69, 9.17) is 4.74 Å². The lowest BCUT2D eigenvalue weighted by atomic mass is 9.89. The molecule has 1 saturated heterocycles. The zero-order chi connectivity index (χ0) is 13.9. The predicted molar refractivity (Wildman–Crippen MR) is 81.7 cm³/mol. The zero-order valence-corrected chi connectivity index (χ0v) is 12.2. The standard InChI is InChI=1S/C17H22N2O/c1-3-19-17(14-8-12(2)20-11-14)16-10-18-9-13-6-4-5-7-15(13)16/h4-7,9-10,12,14,17,19H,3,8,11H2,1-2H3. The van der Waals surface area contributed by atoms with E-state index < -0.39 is 0 Å². The highest BCUT2D eigenvalue weighted by molar-refractivity contribution is 5.85. The monoisotopic (exact) mass is 270 g/mol. The van der Waals surface area contributed by atoms with Gasteiger partial charge < -0.3 is 10.1 Å². The third-order valence-corrected chi connectivity index (χ3v) is 4.16. The minimum absolute atomic E-state index is 0.323. The van der Waals surface area contributed by atoms with Gasteiger partial charge in [0.25, 0.3) is 0 Å². The van der Waals surface area contributed by atoms with E-state index in [9.17, 15) is 0 Å². The van der Waals surface area contributed by atoms with Crippen molar-refractivity contribution in [1.82, 2.24) is 10.3 Å². The van der Waals surface area contributed by atoms with Gasteiger partial charge in [-0.15, -0.1) is 0 Å². The predicted octanol–water partition coefficient (Wildman–Crippen LogP) is 3.31. The number of rotatable bonds is 4. The summed E-state index contributed by atoms with van der Waals surface area (Å²) in [6.45, 7) is 6.11.